The van der Waals surface area contributed by atoms with Crippen LogP contribution in [0.4, 0.5) is 4.39 Å². The number of aromatic nitrogens is 2. The first kappa shape index (κ1) is 11.5. The van der Waals surface area contributed by atoms with Crippen molar-refractivity contribution in [2.45, 2.75) is 6.54 Å². The van der Waals surface area contributed by atoms with E-state index in [0.717, 1.165) is 4.57 Å². The summed E-state index contributed by atoms with van der Waals surface area (Å²) in [6.07, 6.45) is 0. The van der Waals surface area contributed by atoms with Gasteiger partial charge in [-0.25, -0.2) is 9.18 Å². The summed E-state index contributed by atoms with van der Waals surface area (Å²) in [7, 11) is 1.72. The molecule has 0 saturated heterocycles. The van der Waals surface area contributed by atoms with Crippen LogP contribution in [-0.2, 0) is 6.54 Å². The number of nitrogens with zero attached hydrogens (tertiary/aromatic N) is 1. The lowest BCUT2D eigenvalue weighted by Gasteiger charge is -2.06. The van der Waals surface area contributed by atoms with E-state index < -0.39 is 17.1 Å². The lowest BCUT2D eigenvalue weighted by Crippen LogP contribution is -2.37. The molecule has 1 heterocycles. The van der Waals surface area contributed by atoms with E-state index in [1.807, 2.05) is 0 Å². The highest BCUT2D eigenvalue weighted by Crippen LogP contribution is 2.09. The molecule has 0 radical (unpaired) electrons. The van der Waals surface area contributed by atoms with Gasteiger partial charge in [0.1, 0.15) is 5.82 Å². The van der Waals surface area contributed by atoms with Crippen molar-refractivity contribution in [3.05, 3.63) is 44.9 Å². The standard InChI is InChI=1S/C11H12FN3O2/c1-13-5-6-15-10(16)7-3-2-4-8(12)9(7)14-11(15)17/h2-4,13H,5-6H2,1H3,(H,14,17). The first-order valence-corrected chi connectivity index (χ1v) is 5.21. The zero-order valence-corrected chi connectivity index (χ0v) is 9.29. The molecule has 0 aliphatic carbocycles. The monoisotopic (exact) mass is 237 g/mol. The van der Waals surface area contributed by atoms with Crippen molar-refractivity contribution in [1.82, 2.24) is 14.9 Å². The van der Waals surface area contributed by atoms with Crippen molar-refractivity contribution >= 4 is 10.9 Å². The molecule has 6 heteroatoms. The highest BCUT2D eigenvalue weighted by Gasteiger charge is 2.09. The smallest absolute Gasteiger partial charge is 0.318 e. The number of fused-ring (bicyclic) bond motifs is 1. The van der Waals surface area contributed by atoms with Gasteiger partial charge in [0.05, 0.1) is 10.9 Å². The number of hydrogen-bond acceptors (Lipinski definition) is 3. The molecule has 0 aliphatic rings. The Balaban J connectivity index is 2.73. The molecule has 0 aliphatic heterocycles. The Hall–Kier alpha value is -1.95. The summed E-state index contributed by atoms with van der Waals surface area (Å²) >= 11 is 0. The third-order valence-electron chi connectivity index (χ3n) is 2.55. The van der Waals surface area contributed by atoms with Gasteiger partial charge in [-0.1, -0.05) is 6.07 Å². The molecule has 0 saturated carbocycles. The second kappa shape index (κ2) is 4.50. The molecule has 1 aromatic heterocycles. The van der Waals surface area contributed by atoms with E-state index in [9.17, 15) is 14.0 Å². The summed E-state index contributed by atoms with van der Waals surface area (Å²) in [6.45, 7) is 0.737. The van der Waals surface area contributed by atoms with Crippen LogP contribution in [0.15, 0.2) is 27.8 Å². The number of aromatic amines is 1. The van der Waals surface area contributed by atoms with Crippen LogP contribution in [0.2, 0.25) is 0 Å². The van der Waals surface area contributed by atoms with E-state index in [0.29, 0.717) is 6.54 Å². The van der Waals surface area contributed by atoms with Gasteiger partial charge in [0.2, 0.25) is 0 Å². The summed E-state index contributed by atoms with van der Waals surface area (Å²) in [5.41, 5.74) is -1.11. The molecular weight excluding hydrogens is 225 g/mol. The highest BCUT2D eigenvalue weighted by atomic mass is 19.1. The Bertz CT molecular complexity index is 660. The maximum atomic E-state index is 13.4. The number of rotatable bonds is 3. The molecular formula is C11H12FN3O2. The molecule has 2 aromatic rings. The molecule has 17 heavy (non-hydrogen) atoms. The molecule has 0 spiro atoms. The number of likely N-dealkylation sites (N-methyl/N-ethyl adjacent to an activating group) is 1. The number of nitrogens with one attached hydrogen (secondary N) is 2. The second-order valence-corrected chi connectivity index (χ2v) is 3.65. The molecule has 0 unspecified atom stereocenters. The summed E-state index contributed by atoms with van der Waals surface area (Å²) in [6, 6.07) is 4.14. The Morgan fingerprint density at radius 2 is 2.18 bits per heavy atom. The average molecular weight is 237 g/mol. The van der Waals surface area contributed by atoms with Gasteiger partial charge in [0.25, 0.3) is 5.56 Å². The maximum absolute atomic E-state index is 13.4. The molecule has 0 bridgehead atoms. The molecule has 2 N–H and O–H groups in total. The van der Waals surface area contributed by atoms with Crippen LogP contribution >= 0.6 is 0 Å². The van der Waals surface area contributed by atoms with Crippen LogP contribution in [0.3, 0.4) is 0 Å². The summed E-state index contributed by atoms with van der Waals surface area (Å²) in [5, 5.41) is 3.02. The summed E-state index contributed by atoms with van der Waals surface area (Å²) in [4.78, 5) is 26.0. The van der Waals surface area contributed by atoms with Crippen LogP contribution in [0, 0.1) is 5.82 Å². The summed E-state index contributed by atoms with van der Waals surface area (Å²) in [5.74, 6) is -0.600. The minimum Gasteiger partial charge on any atom is -0.318 e. The van der Waals surface area contributed by atoms with Crippen LogP contribution in [0.5, 0.6) is 0 Å². The Morgan fingerprint density at radius 3 is 2.88 bits per heavy atom. The predicted molar refractivity (Wildman–Crippen MR) is 62.7 cm³/mol. The van der Waals surface area contributed by atoms with Crippen LogP contribution < -0.4 is 16.6 Å². The lowest BCUT2D eigenvalue weighted by atomic mass is 10.2. The minimum absolute atomic E-state index is 0.0387. The van der Waals surface area contributed by atoms with Crippen molar-refractivity contribution in [2.24, 2.45) is 0 Å². The number of H-pyrrole nitrogens is 1. The van der Waals surface area contributed by atoms with Gasteiger partial charge in [-0.2, -0.15) is 0 Å². The normalized spacial score (nSPS) is 10.9. The molecule has 2 rings (SSSR count). The topological polar surface area (TPSA) is 66.9 Å². The van der Waals surface area contributed by atoms with E-state index in [2.05, 4.69) is 10.3 Å². The average Bonchev–Trinajstić information content (AvgIpc) is 2.31. The van der Waals surface area contributed by atoms with Crippen molar-refractivity contribution in [3.63, 3.8) is 0 Å². The fourth-order valence-corrected chi connectivity index (χ4v) is 1.67. The van der Waals surface area contributed by atoms with Crippen LogP contribution in [0.25, 0.3) is 10.9 Å². The van der Waals surface area contributed by atoms with E-state index in [1.165, 1.54) is 18.2 Å². The molecule has 5 nitrogen and oxygen atoms in total. The van der Waals surface area contributed by atoms with E-state index in [-0.39, 0.29) is 17.4 Å². The van der Waals surface area contributed by atoms with Gasteiger partial charge in [-0.15, -0.1) is 0 Å². The number of halogens is 1. The highest BCUT2D eigenvalue weighted by molar-refractivity contribution is 5.77. The van der Waals surface area contributed by atoms with E-state index in [1.54, 1.807) is 7.05 Å². The lowest BCUT2D eigenvalue weighted by molar-refractivity contribution is 0.596. The van der Waals surface area contributed by atoms with Crippen LogP contribution in [-0.4, -0.2) is 23.1 Å². The SMILES string of the molecule is CNCCn1c(=O)[nH]c2c(F)cccc2c1=O. The number of para-hydroxylation sites is 1. The van der Waals surface area contributed by atoms with Crippen molar-refractivity contribution < 1.29 is 4.39 Å². The van der Waals surface area contributed by atoms with Gasteiger partial charge >= 0.3 is 5.69 Å². The fourth-order valence-electron chi connectivity index (χ4n) is 1.67. The Morgan fingerprint density at radius 1 is 1.41 bits per heavy atom. The zero-order valence-electron chi connectivity index (χ0n) is 9.29. The maximum Gasteiger partial charge on any atom is 0.328 e. The first-order valence-electron chi connectivity index (χ1n) is 5.21. The van der Waals surface area contributed by atoms with Gasteiger partial charge < -0.3 is 10.3 Å². The first-order chi connectivity index (χ1) is 8.15. The van der Waals surface area contributed by atoms with Crippen LogP contribution in [0.1, 0.15) is 0 Å². The molecule has 90 valence electrons. The van der Waals surface area contributed by atoms with Gasteiger partial charge in [0, 0.05) is 13.1 Å². The molecule has 0 amide bonds. The number of benzene rings is 1. The van der Waals surface area contributed by atoms with E-state index in [4.69, 9.17) is 0 Å². The van der Waals surface area contributed by atoms with Gasteiger partial charge in [-0.3, -0.25) is 9.36 Å². The zero-order chi connectivity index (χ0) is 12.4. The summed E-state index contributed by atoms with van der Waals surface area (Å²) < 4.78 is 14.5. The van der Waals surface area contributed by atoms with Crippen molar-refractivity contribution in [1.29, 1.82) is 0 Å². The van der Waals surface area contributed by atoms with E-state index >= 15 is 0 Å². The second-order valence-electron chi connectivity index (χ2n) is 3.65. The molecule has 1 aromatic carbocycles. The fraction of sp³-hybridized carbons (Fsp3) is 0.273. The Kier molecular flexibility index (Phi) is 3.06. The third-order valence-corrected chi connectivity index (χ3v) is 2.55. The Labute approximate surface area is 95.9 Å². The third kappa shape index (κ3) is 1.99. The molecule has 0 atom stereocenters. The van der Waals surface area contributed by atoms with Crippen molar-refractivity contribution in [3.8, 4) is 0 Å². The largest absolute Gasteiger partial charge is 0.328 e. The predicted octanol–water partition coefficient (Wildman–Crippen LogP) is 0.0483. The van der Waals surface area contributed by atoms with Gasteiger partial charge in [0.15, 0.2) is 0 Å². The molecule has 0 fully saturated rings. The number of hydrogen-bond donors (Lipinski definition) is 2. The van der Waals surface area contributed by atoms with Crippen molar-refractivity contribution in [2.75, 3.05) is 13.6 Å². The quantitative estimate of drug-likeness (QED) is 0.792. The minimum atomic E-state index is -0.600. The van der Waals surface area contributed by atoms with Gasteiger partial charge in [-0.05, 0) is 19.2 Å².